The van der Waals surface area contributed by atoms with Crippen LogP contribution in [0.2, 0.25) is 0 Å². The number of rotatable bonds is 6. The van der Waals surface area contributed by atoms with Crippen molar-refractivity contribution in [1.29, 1.82) is 0 Å². The standard InChI is InChI=1S/C18H24N4O3S2/c1-26-18-19-9-11-22(18)16-7-5-15(6-8-16)17(23)21-10-3-4-14(13-21)12-20-27(2,24)25/h5-9,11,14,20H,3-4,10,12-13H2,1-2H3/t14-/m1/s1. The first-order valence-electron chi connectivity index (χ1n) is 8.79. The summed E-state index contributed by atoms with van der Waals surface area (Å²) in [5, 5.41) is 0.895. The summed E-state index contributed by atoms with van der Waals surface area (Å²) in [6.07, 6.45) is 8.58. The number of sulfonamides is 1. The van der Waals surface area contributed by atoms with E-state index in [1.807, 2.05) is 46.2 Å². The van der Waals surface area contributed by atoms with Crippen molar-refractivity contribution >= 4 is 27.7 Å². The Morgan fingerprint density at radius 3 is 2.74 bits per heavy atom. The summed E-state index contributed by atoms with van der Waals surface area (Å²) in [6.45, 7) is 1.65. The number of carbonyl (C=O) groups excluding carboxylic acids is 1. The molecular weight excluding hydrogens is 384 g/mol. The molecule has 0 bridgehead atoms. The Morgan fingerprint density at radius 1 is 1.33 bits per heavy atom. The van der Waals surface area contributed by atoms with Crippen molar-refractivity contribution in [3.63, 3.8) is 0 Å². The molecule has 9 heteroatoms. The largest absolute Gasteiger partial charge is 0.338 e. The van der Waals surface area contributed by atoms with E-state index in [0.717, 1.165) is 29.9 Å². The van der Waals surface area contributed by atoms with Gasteiger partial charge in [-0.15, -0.1) is 0 Å². The predicted molar refractivity (Wildman–Crippen MR) is 107 cm³/mol. The minimum atomic E-state index is -3.21. The maximum atomic E-state index is 12.8. The third-order valence-electron chi connectivity index (χ3n) is 4.62. The monoisotopic (exact) mass is 408 g/mol. The van der Waals surface area contributed by atoms with E-state index in [4.69, 9.17) is 0 Å². The van der Waals surface area contributed by atoms with Crippen LogP contribution in [0.1, 0.15) is 23.2 Å². The molecule has 1 aliphatic heterocycles. The predicted octanol–water partition coefficient (Wildman–Crippen LogP) is 2.00. The van der Waals surface area contributed by atoms with Crippen LogP contribution in [0.4, 0.5) is 0 Å². The number of aromatic nitrogens is 2. The van der Waals surface area contributed by atoms with E-state index in [2.05, 4.69) is 9.71 Å². The van der Waals surface area contributed by atoms with Crippen molar-refractivity contribution in [3.8, 4) is 5.69 Å². The summed E-state index contributed by atoms with van der Waals surface area (Å²) in [6, 6.07) is 7.50. The number of thioether (sulfide) groups is 1. The Bertz CT molecular complexity index is 894. The second-order valence-electron chi connectivity index (χ2n) is 6.71. The lowest BCUT2D eigenvalue weighted by molar-refractivity contribution is 0.0676. The highest BCUT2D eigenvalue weighted by atomic mass is 32.2. The molecule has 1 aromatic carbocycles. The van der Waals surface area contributed by atoms with Crippen molar-refractivity contribution in [2.75, 3.05) is 32.1 Å². The molecule has 2 heterocycles. The Hall–Kier alpha value is -1.84. The van der Waals surface area contributed by atoms with Gasteiger partial charge in [0.2, 0.25) is 10.0 Å². The van der Waals surface area contributed by atoms with Crippen molar-refractivity contribution in [1.82, 2.24) is 19.2 Å². The van der Waals surface area contributed by atoms with Gasteiger partial charge in [0, 0.05) is 43.3 Å². The van der Waals surface area contributed by atoms with Crippen molar-refractivity contribution < 1.29 is 13.2 Å². The number of carbonyl (C=O) groups is 1. The lowest BCUT2D eigenvalue weighted by atomic mass is 9.97. The van der Waals surface area contributed by atoms with Crippen LogP contribution in [0.15, 0.2) is 41.8 Å². The Kier molecular flexibility index (Phi) is 6.23. The zero-order valence-electron chi connectivity index (χ0n) is 15.5. The van der Waals surface area contributed by atoms with Crippen LogP contribution in [0.25, 0.3) is 5.69 Å². The molecule has 1 saturated heterocycles. The normalized spacial score (nSPS) is 17.9. The van der Waals surface area contributed by atoms with Gasteiger partial charge in [-0.3, -0.25) is 9.36 Å². The van der Waals surface area contributed by atoms with E-state index in [0.29, 0.717) is 25.2 Å². The number of benzene rings is 1. The van der Waals surface area contributed by atoms with Gasteiger partial charge in [-0.25, -0.2) is 18.1 Å². The number of nitrogens with zero attached hydrogens (tertiary/aromatic N) is 3. The molecule has 1 N–H and O–H groups in total. The van der Waals surface area contributed by atoms with Gasteiger partial charge in [0.05, 0.1) is 6.26 Å². The number of piperidine rings is 1. The van der Waals surface area contributed by atoms with Gasteiger partial charge in [0.25, 0.3) is 5.91 Å². The molecular formula is C18H24N4O3S2. The number of nitrogens with one attached hydrogen (secondary N) is 1. The first-order chi connectivity index (χ1) is 12.9. The zero-order chi connectivity index (χ0) is 19.4. The van der Waals surface area contributed by atoms with Gasteiger partial charge >= 0.3 is 0 Å². The van der Waals surface area contributed by atoms with E-state index in [-0.39, 0.29) is 11.8 Å². The molecule has 1 aromatic heterocycles. The number of hydrogen-bond acceptors (Lipinski definition) is 5. The Labute approximate surface area is 164 Å². The maximum Gasteiger partial charge on any atom is 0.253 e. The lowest BCUT2D eigenvalue weighted by Crippen LogP contribution is -2.43. The number of imidazole rings is 1. The molecule has 0 saturated carbocycles. The van der Waals surface area contributed by atoms with Crippen molar-refractivity contribution in [3.05, 3.63) is 42.2 Å². The van der Waals surface area contributed by atoms with Gasteiger partial charge in [-0.1, -0.05) is 11.8 Å². The topological polar surface area (TPSA) is 84.3 Å². The summed E-state index contributed by atoms with van der Waals surface area (Å²) >= 11 is 1.56. The van der Waals surface area contributed by atoms with E-state index < -0.39 is 10.0 Å². The molecule has 7 nitrogen and oxygen atoms in total. The van der Waals surface area contributed by atoms with Crippen LogP contribution in [-0.4, -0.2) is 60.9 Å². The number of likely N-dealkylation sites (tertiary alicyclic amines) is 1. The SMILES string of the molecule is CSc1nccn1-c1ccc(C(=O)N2CCC[C@H](CNS(C)(=O)=O)C2)cc1. The molecule has 1 amide bonds. The molecule has 0 unspecified atom stereocenters. The van der Waals surface area contributed by atoms with Gasteiger partial charge in [-0.05, 0) is 49.3 Å². The molecule has 1 atom stereocenters. The first-order valence-corrected chi connectivity index (χ1v) is 11.9. The highest BCUT2D eigenvalue weighted by Crippen LogP contribution is 2.21. The maximum absolute atomic E-state index is 12.8. The van der Waals surface area contributed by atoms with Gasteiger partial charge in [0.15, 0.2) is 5.16 Å². The highest BCUT2D eigenvalue weighted by Gasteiger charge is 2.25. The van der Waals surface area contributed by atoms with Crippen LogP contribution in [0.3, 0.4) is 0 Å². The Morgan fingerprint density at radius 2 is 2.07 bits per heavy atom. The number of hydrogen-bond donors (Lipinski definition) is 1. The van der Waals surface area contributed by atoms with Gasteiger partial charge < -0.3 is 4.90 Å². The average molecular weight is 409 g/mol. The summed E-state index contributed by atoms with van der Waals surface area (Å²) in [4.78, 5) is 18.9. The third-order valence-corrected chi connectivity index (χ3v) is 5.98. The first kappa shape index (κ1) is 19.9. The lowest BCUT2D eigenvalue weighted by Gasteiger charge is -2.32. The van der Waals surface area contributed by atoms with Crippen molar-refractivity contribution in [2.45, 2.75) is 18.0 Å². The fourth-order valence-corrected chi connectivity index (χ4v) is 4.34. The Balaban J connectivity index is 1.66. The number of amides is 1. The van der Waals surface area contributed by atoms with Gasteiger partial charge in [0.1, 0.15) is 0 Å². The van der Waals surface area contributed by atoms with Crippen LogP contribution in [0.5, 0.6) is 0 Å². The van der Waals surface area contributed by atoms with Crippen molar-refractivity contribution in [2.24, 2.45) is 5.92 Å². The molecule has 0 aliphatic carbocycles. The second-order valence-corrected chi connectivity index (χ2v) is 9.32. The zero-order valence-corrected chi connectivity index (χ0v) is 17.1. The van der Waals surface area contributed by atoms with Crippen LogP contribution >= 0.6 is 11.8 Å². The summed E-state index contributed by atoms with van der Waals surface area (Å²) < 4.78 is 27.1. The highest BCUT2D eigenvalue weighted by molar-refractivity contribution is 7.98. The third kappa shape index (κ3) is 5.12. The van der Waals surface area contributed by atoms with E-state index in [9.17, 15) is 13.2 Å². The van der Waals surface area contributed by atoms with Crippen LogP contribution in [0, 0.1) is 5.92 Å². The fraction of sp³-hybridized carbons (Fsp3) is 0.444. The molecule has 0 radical (unpaired) electrons. The quantitative estimate of drug-likeness (QED) is 0.739. The molecule has 1 fully saturated rings. The minimum Gasteiger partial charge on any atom is -0.338 e. The molecule has 0 spiro atoms. The summed E-state index contributed by atoms with van der Waals surface area (Å²) in [5.41, 5.74) is 1.60. The molecule has 146 valence electrons. The van der Waals surface area contributed by atoms with E-state index in [1.165, 1.54) is 0 Å². The fourth-order valence-electron chi connectivity index (χ4n) is 3.27. The molecule has 2 aromatic rings. The van der Waals surface area contributed by atoms with Gasteiger partial charge in [-0.2, -0.15) is 0 Å². The summed E-state index contributed by atoms with van der Waals surface area (Å²) in [7, 11) is -3.21. The molecule has 27 heavy (non-hydrogen) atoms. The van der Waals surface area contributed by atoms with E-state index >= 15 is 0 Å². The van der Waals surface area contributed by atoms with E-state index in [1.54, 1.807) is 18.0 Å². The second kappa shape index (κ2) is 8.45. The molecule has 1 aliphatic rings. The minimum absolute atomic E-state index is 0.0127. The smallest absolute Gasteiger partial charge is 0.253 e. The van der Waals surface area contributed by atoms with Crippen LogP contribution < -0.4 is 4.72 Å². The average Bonchev–Trinajstić information content (AvgIpc) is 3.14. The van der Waals surface area contributed by atoms with Crippen LogP contribution in [-0.2, 0) is 10.0 Å². The molecule has 3 rings (SSSR count). The summed E-state index contributed by atoms with van der Waals surface area (Å²) in [5.74, 6) is 0.133.